The van der Waals surface area contributed by atoms with Crippen LogP contribution in [0.5, 0.6) is 0 Å². The molecule has 1 saturated heterocycles. The van der Waals surface area contributed by atoms with Gasteiger partial charge < -0.3 is 10.2 Å². The van der Waals surface area contributed by atoms with E-state index >= 15 is 0 Å². The Kier molecular flexibility index (Phi) is 5.72. The van der Waals surface area contributed by atoms with Gasteiger partial charge in [-0.3, -0.25) is 9.59 Å². The Balaban J connectivity index is 1.62. The highest BCUT2D eigenvalue weighted by molar-refractivity contribution is 5.96. The summed E-state index contributed by atoms with van der Waals surface area (Å²) < 4.78 is 37.9. The largest absolute Gasteiger partial charge is 0.416 e. The minimum Gasteiger partial charge on any atom is -0.338 e. The van der Waals surface area contributed by atoms with Gasteiger partial charge in [0.2, 0.25) is 5.91 Å². The number of likely N-dealkylation sites (tertiary alicyclic amines) is 1. The highest BCUT2D eigenvalue weighted by atomic mass is 19.4. The molecule has 1 unspecified atom stereocenters. The zero-order valence-electron chi connectivity index (χ0n) is 15.4. The molecule has 1 aliphatic heterocycles. The molecule has 0 radical (unpaired) electrons. The molecule has 2 aromatic carbocycles. The minimum atomic E-state index is -4.41. The molecule has 148 valence electrons. The van der Waals surface area contributed by atoms with Crippen molar-refractivity contribution >= 4 is 17.5 Å². The normalized spacial score (nSPS) is 17.3. The molecular formula is C21H21F3N2O2. The van der Waals surface area contributed by atoms with Crippen molar-refractivity contribution in [2.45, 2.75) is 25.9 Å². The van der Waals surface area contributed by atoms with Crippen molar-refractivity contribution in [3.63, 3.8) is 0 Å². The number of hydrogen-bond acceptors (Lipinski definition) is 2. The van der Waals surface area contributed by atoms with Crippen molar-refractivity contribution in [2.24, 2.45) is 5.92 Å². The Morgan fingerprint density at radius 1 is 1.04 bits per heavy atom. The van der Waals surface area contributed by atoms with Crippen LogP contribution in [0.3, 0.4) is 0 Å². The van der Waals surface area contributed by atoms with Crippen LogP contribution >= 0.6 is 0 Å². The van der Waals surface area contributed by atoms with E-state index in [-0.39, 0.29) is 11.8 Å². The van der Waals surface area contributed by atoms with E-state index in [9.17, 15) is 22.8 Å². The molecule has 3 rings (SSSR count). The molecule has 1 aliphatic rings. The summed E-state index contributed by atoms with van der Waals surface area (Å²) in [5.74, 6) is -0.807. The number of amides is 2. The number of benzene rings is 2. The third-order valence-corrected chi connectivity index (χ3v) is 4.86. The lowest BCUT2D eigenvalue weighted by Gasteiger charge is -2.32. The second kappa shape index (κ2) is 8.04. The minimum absolute atomic E-state index is 0.118. The summed E-state index contributed by atoms with van der Waals surface area (Å²) in [6, 6.07) is 11.6. The van der Waals surface area contributed by atoms with Crippen LogP contribution in [0.2, 0.25) is 0 Å². The zero-order chi connectivity index (χ0) is 20.3. The summed E-state index contributed by atoms with van der Waals surface area (Å²) in [5, 5.41) is 2.65. The predicted molar refractivity (Wildman–Crippen MR) is 99.9 cm³/mol. The maximum Gasteiger partial charge on any atom is 0.416 e. The molecule has 0 bridgehead atoms. The first kappa shape index (κ1) is 19.9. The van der Waals surface area contributed by atoms with E-state index in [1.165, 1.54) is 12.1 Å². The highest BCUT2D eigenvalue weighted by Gasteiger charge is 2.31. The fraction of sp³-hybridized carbons (Fsp3) is 0.333. The van der Waals surface area contributed by atoms with Gasteiger partial charge in [-0.2, -0.15) is 13.2 Å². The van der Waals surface area contributed by atoms with E-state index in [1.54, 1.807) is 17.0 Å². The maximum absolute atomic E-state index is 12.7. The fourth-order valence-corrected chi connectivity index (χ4v) is 3.24. The Hall–Kier alpha value is -2.83. The Morgan fingerprint density at radius 3 is 2.29 bits per heavy atom. The second-order valence-electron chi connectivity index (χ2n) is 7.02. The van der Waals surface area contributed by atoms with Crippen LogP contribution in [-0.2, 0) is 11.0 Å². The molecular weight excluding hydrogens is 369 g/mol. The van der Waals surface area contributed by atoms with Crippen LogP contribution < -0.4 is 5.32 Å². The molecule has 4 nitrogen and oxygen atoms in total. The van der Waals surface area contributed by atoms with Crippen LogP contribution in [0.1, 0.15) is 34.3 Å². The summed E-state index contributed by atoms with van der Waals surface area (Å²) in [6.07, 6.45) is -3.09. The molecule has 2 amide bonds. The average molecular weight is 390 g/mol. The summed E-state index contributed by atoms with van der Waals surface area (Å²) in [5.41, 5.74) is 1.18. The molecule has 28 heavy (non-hydrogen) atoms. The number of hydrogen-bond donors (Lipinski definition) is 1. The van der Waals surface area contributed by atoms with Crippen LogP contribution in [0.15, 0.2) is 48.5 Å². The number of anilines is 1. The number of alkyl halides is 3. The Labute approximate surface area is 161 Å². The summed E-state index contributed by atoms with van der Waals surface area (Å²) in [7, 11) is 0. The SMILES string of the molecule is Cc1ccc(C(=O)N2CCCC(C(=O)Nc3ccc(C(F)(F)F)cc3)C2)cc1. The van der Waals surface area contributed by atoms with Crippen LogP contribution in [0.4, 0.5) is 18.9 Å². The van der Waals surface area contributed by atoms with Crippen molar-refractivity contribution in [2.75, 3.05) is 18.4 Å². The molecule has 0 saturated carbocycles. The number of halogens is 3. The first-order chi connectivity index (χ1) is 13.2. The molecule has 0 spiro atoms. The monoisotopic (exact) mass is 390 g/mol. The lowest BCUT2D eigenvalue weighted by molar-refractivity contribution is -0.137. The van der Waals surface area contributed by atoms with Gasteiger partial charge in [-0.25, -0.2) is 0 Å². The first-order valence-corrected chi connectivity index (χ1v) is 9.08. The van der Waals surface area contributed by atoms with Crippen molar-refractivity contribution in [1.29, 1.82) is 0 Å². The van der Waals surface area contributed by atoms with Crippen molar-refractivity contribution < 1.29 is 22.8 Å². The molecule has 1 fully saturated rings. The Morgan fingerprint density at radius 2 is 1.68 bits per heavy atom. The number of rotatable bonds is 3. The first-order valence-electron chi connectivity index (χ1n) is 9.08. The van der Waals surface area contributed by atoms with Gasteiger partial charge in [0.25, 0.3) is 5.91 Å². The smallest absolute Gasteiger partial charge is 0.338 e. The number of nitrogens with zero attached hydrogens (tertiary/aromatic N) is 1. The van der Waals surface area contributed by atoms with Gasteiger partial charge in [-0.15, -0.1) is 0 Å². The van der Waals surface area contributed by atoms with Crippen molar-refractivity contribution in [3.8, 4) is 0 Å². The van der Waals surface area contributed by atoms with E-state index in [4.69, 9.17) is 0 Å². The van der Waals surface area contributed by atoms with E-state index in [1.807, 2.05) is 19.1 Å². The molecule has 0 aromatic heterocycles. The lowest BCUT2D eigenvalue weighted by atomic mass is 9.96. The number of carbonyl (C=O) groups excluding carboxylic acids is 2. The number of nitrogens with one attached hydrogen (secondary N) is 1. The van der Waals surface area contributed by atoms with Gasteiger partial charge in [-0.1, -0.05) is 17.7 Å². The van der Waals surface area contributed by atoms with Gasteiger partial charge in [-0.05, 0) is 56.2 Å². The van der Waals surface area contributed by atoms with Crippen molar-refractivity contribution in [3.05, 3.63) is 65.2 Å². The standard InChI is InChI=1S/C21H21F3N2O2/c1-14-4-6-15(7-5-14)20(28)26-12-2-3-16(13-26)19(27)25-18-10-8-17(9-11-18)21(22,23)24/h4-11,16H,2-3,12-13H2,1H3,(H,25,27). The number of piperidine rings is 1. The third-order valence-electron chi connectivity index (χ3n) is 4.86. The van der Waals surface area contributed by atoms with Crippen LogP contribution in [0.25, 0.3) is 0 Å². The molecule has 1 atom stereocenters. The molecule has 2 aromatic rings. The van der Waals surface area contributed by atoms with E-state index in [0.717, 1.165) is 17.7 Å². The van der Waals surface area contributed by atoms with Crippen LogP contribution in [0, 0.1) is 12.8 Å². The highest BCUT2D eigenvalue weighted by Crippen LogP contribution is 2.30. The molecule has 7 heteroatoms. The van der Waals surface area contributed by atoms with Gasteiger partial charge in [0.05, 0.1) is 11.5 Å². The third kappa shape index (κ3) is 4.71. The topological polar surface area (TPSA) is 49.4 Å². The number of carbonyl (C=O) groups is 2. The van der Waals surface area contributed by atoms with E-state index < -0.39 is 17.7 Å². The van der Waals surface area contributed by atoms with Gasteiger partial charge in [0, 0.05) is 24.3 Å². The molecule has 1 heterocycles. The van der Waals surface area contributed by atoms with E-state index in [2.05, 4.69) is 5.32 Å². The van der Waals surface area contributed by atoms with Crippen molar-refractivity contribution in [1.82, 2.24) is 4.90 Å². The fourth-order valence-electron chi connectivity index (χ4n) is 3.24. The van der Waals surface area contributed by atoms with Crippen LogP contribution in [-0.4, -0.2) is 29.8 Å². The second-order valence-corrected chi connectivity index (χ2v) is 7.02. The Bertz CT molecular complexity index is 845. The quantitative estimate of drug-likeness (QED) is 0.839. The molecule has 0 aliphatic carbocycles. The number of aryl methyl sites for hydroxylation is 1. The maximum atomic E-state index is 12.7. The predicted octanol–water partition coefficient (Wildman–Crippen LogP) is 4.50. The summed E-state index contributed by atoms with van der Waals surface area (Å²) >= 11 is 0. The summed E-state index contributed by atoms with van der Waals surface area (Å²) in [6.45, 7) is 2.81. The molecule has 1 N–H and O–H groups in total. The van der Waals surface area contributed by atoms with Gasteiger partial charge in [0.15, 0.2) is 0 Å². The van der Waals surface area contributed by atoms with Gasteiger partial charge in [0.1, 0.15) is 0 Å². The summed E-state index contributed by atoms with van der Waals surface area (Å²) in [4.78, 5) is 26.8. The zero-order valence-corrected chi connectivity index (χ0v) is 15.4. The van der Waals surface area contributed by atoms with Gasteiger partial charge >= 0.3 is 6.18 Å². The van der Waals surface area contributed by atoms with E-state index in [0.29, 0.717) is 37.2 Å². The lowest BCUT2D eigenvalue weighted by Crippen LogP contribution is -2.43. The average Bonchev–Trinajstić information content (AvgIpc) is 2.68.